The average Bonchev–Trinajstić information content (AvgIpc) is 3.56. The van der Waals surface area contributed by atoms with Gasteiger partial charge in [0.15, 0.2) is 0 Å². The molecule has 4 rings (SSSR count). The maximum Gasteiger partial charge on any atom is 0.434 e. The quantitative estimate of drug-likeness (QED) is 0.306. The second kappa shape index (κ2) is 9.18. The van der Waals surface area contributed by atoms with E-state index in [2.05, 4.69) is 5.32 Å². The minimum absolute atomic E-state index is 0.222. The Hall–Kier alpha value is -2.37. The zero-order valence-corrected chi connectivity index (χ0v) is 20.1. The number of cyclic esters (lactones) is 1. The molecule has 1 aliphatic carbocycles. The molecule has 1 unspecified atom stereocenters. The molecule has 0 bridgehead atoms. The Morgan fingerprint density at radius 3 is 2.19 bits per heavy atom. The summed E-state index contributed by atoms with van der Waals surface area (Å²) in [5.41, 5.74) is -5.95. The van der Waals surface area contributed by atoms with Crippen molar-refractivity contribution in [3.05, 3.63) is 62.1 Å². The molecule has 1 saturated carbocycles. The number of benzene rings is 2. The van der Waals surface area contributed by atoms with Crippen molar-refractivity contribution in [1.82, 2.24) is 5.32 Å². The first kappa shape index (κ1) is 26.7. The second-order valence-corrected chi connectivity index (χ2v) is 9.56. The van der Waals surface area contributed by atoms with Crippen LogP contribution < -0.4 is 10.2 Å². The van der Waals surface area contributed by atoms with Crippen molar-refractivity contribution in [3.8, 4) is 0 Å². The summed E-state index contributed by atoms with van der Waals surface area (Å²) in [6.07, 6.45) is -10.3. The van der Waals surface area contributed by atoms with Crippen LogP contribution in [-0.2, 0) is 27.9 Å². The molecule has 5 nitrogen and oxygen atoms in total. The van der Waals surface area contributed by atoms with Gasteiger partial charge in [0, 0.05) is 23.7 Å². The smallest absolute Gasteiger partial charge is 0.426 e. The number of ether oxygens (including phenoxy) is 1. The van der Waals surface area contributed by atoms with Crippen molar-refractivity contribution in [2.24, 2.45) is 5.92 Å². The summed E-state index contributed by atoms with van der Waals surface area (Å²) in [5.74, 6) is -0.617. The molecule has 1 heterocycles. The minimum Gasteiger partial charge on any atom is -0.426 e. The largest absolute Gasteiger partial charge is 0.434 e. The third-order valence-corrected chi connectivity index (χ3v) is 7.08. The molecule has 0 radical (unpaired) electrons. The Balaban J connectivity index is 1.71. The molecule has 2 aromatic rings. The van der Waals surface area contributed by atoms with Crippen molar-refractivity contribution in [1.29, 1.82) is 0 Å². The van der Waals surface area contributed by atoms with Gasteiger partial charge in [-0.3, -0.25) is 9.69 Å². The van der Waals surface area contributed by atoms with E-state index in [1.54, 1.807) is 0 Å². The van der Waals surface area contributed by atoms with Gasteiger partial charge in [-0.1, -0.05) is 40.9 Å². The van der Waals surface area contributed by atoms with E-state index in [0.29, 0.717) is 23.8 Å². The number of nitrogens with one attached hydrogen (secondary N) is 1. The average molecular weight is 576 g/mol. The van der Waals surface area contributed by atoms with E-state index >= 15 is 0 Å². The Morgan fingerprint density at radius 2 is 1.67 bits per heavy atom. The van der Waals surface area contributed by atoms with E-state index in [1.165, 1.54) is 0 Å². The predicted molar refractivity (Wildman–Crippen MR) is 119 cm³/mol. The van der Waals surface area contributed by atoms with Crippen LogP contribution in [-0.4, -0.2) is 24.7 Å². The van der Waals surface area contributed by atoms with E-state index < -0.39 is 54.0 Å². The normalized spacial score (nSPS) is 20.5. The van der Waals surface area contributed by atoms with Crippen LogP contribution in [0.1, 0.15) is 29.5 Å². The van der Waals surface area contributed by atoms with Gasteiger partial charge in [0.2, 0.25) is 5.91 Å². The molecule has 2 amide bonds. The third kappa shape index (κ3) is 4.92. The van der Waals surface area contributed by atoms with E-state index in [-0.39, 0.29) is 32.5 Å². The van der Waals surface area contributed by atoms with Gasteiger partial charge in [0.1, 0.15) is 0 Å². The van der Waals surface area contributed by atoms with Gasteiger partial charge in [-0.2, -0.15) is 26.3 Å². The second-order valence-electron chi connectivity index (χ2n) is 8.36. The molecule has 14 heteroatoms. The fraction of sp³-hybridized carbons (Fsp3) is 0.364. The van der Waals surface area contributed by atoms with Crippen molar-refractivity contribution < 1.29 is 40.7 Å². The molecular weight excluding hydrogens is 561 g/mol. The molecule has 1 atom stereocenters. The summed E-state index contributed by atoms with van der Waals surface area (Å²) < 4.78 is 88.9. The lowest BCUT2D eigenvalue weighted by Crippen LogP contribution is -2.46. The number of nitrogens with zero attached hydrogens (tertiary/aromatic N) is 1. The summed E-state index contributed by atoms with van der Waals surface area (Å²) in [4.78, 5) is 24.8. The summed E-state index contributed by atoms with van der Waals surface area (Å²) in [6, 6.07) is 4.22. The first-order valence-corrected chi connectivity index (χ1v) is 11.5. The molecule has 0 aromatic heterocycles. The lowest BCUT2D eigenvalue weighted by Gasteiger charge is -2.30. The van der Waals surface area contributed by atoms with E-state index in [4.69, 9.17) is 39.5 Å². The molecule has 36 heavy (non-hydrogen) atoms. The van der Waals surface area contributed by atoms with Gasteiger partial charge >= 0.3 is 18.4 Å². The zero-order valence-electron chi connectivity index (χ0n) is 17.9. The van der Waals surface area contributed by atoms with Gasteiger partial charge in [-0.05, 0) is 42.7 Å². The Kier molecular flexibility index (Phi) is 6.81. The lowest BCUT2D eigenvalue weighted by molar-refractivity contribution is -0.250. The molecule has 2 fully saturated rings. The number of anilines is 1. The summed E-state index contributed by atoms with van der Waals surface area (Å²) >= 11 is 17.6. The lowest BCUT2D eigenvalue weighted by atomic mass is 9.92. The van der Waals surface area contributed by atoms with Crippen molar-refractivity contribution >= 4 is 52.5 Å². The van der Waals surface area contributed by atoms with Gasteiger partial charge in [-0.15, -0.1) is 0 Å². The van der Waals surface area contributed by atoms with Crippen LogP contribution in [0, 0.1) is 5.92 Å². The third-order valence-electron chi connectivity index (χ3n) is 5.88. The number of hydrogen-bond acceptors (Lipinski definition) is 3. The molecule has 2 aromatic carbocycles. The fourth-order valence-electron chi connectivity index (χ4n) is 3.79. The van der Waals surface area contributed by atoms with Crippen LogP contribution in [0.25, 0.3) is 0 Å². The first-order valence-electron chi connectivity index (χ1n) is 10.3. The van der Waals surface area contributed by atoms with E-state index in [0.717, 1.165) is 24.3 Å². The predicted octanol–water partition coefficient (Wildman–Crippen LogP) is 7.11. The molecule has 194 valence electrons. The van der Waals surface area contributed by atoms with Crippen LogP contribution in [0.4, 0.5) is 36.8 Å². The molecule has 1 N–H and O–H groups in total. The van der Waals surface area contributed by atoms with E-state index in [1.807, 2.05) is 0 Å². The van der Waals surface area contributed by atoms with Gasteiger partial charge in [-0.25, -0.2) is 4.79 Å². The molecule has 0 spiro atoms. The summed E-state index contributed by atoms with van der Waals surface area (Å²) in [5, 5.41) is 1.51. The highest BCUT2D eigenvalue weighted by Crippen LogP contribution is 2.50. The van der Waals surface area contributed by atoms with Gasteiger partial charge in [0.05, 0.1) is 27.2 Å². The number of rotatable bonds is 5. The maximum absolute atomic E-state index is 14.3. The number of carbonyl (C=O) groups excluding carboxylic acids is 2. The van der Waals surface area contributed by atoms with Crippen LogP contribution in [0.3, 0.4) is 0 Å². The number of alkyl halides is 6. The number of halogens is 9. The first-order chi connectivity index (χ1) is 16.6. The number of amides is 2. The molecule has 1 saturated heterocycles. The van der Waals surface area contributed by atoms with Crippen molar-refractivity contribution in [2.45, 2.75) is 37.3 Å². The highest BCUT2D eigenvalue weighted by Gasteiger charge is 2.65. The molecular formula is C22H15Cl3F6N2O3. The van der Waals surface area contributed by atoms with Crippen LogP contribution >= 0.6 is 34.8 Å². The van der Waals surface area contributed by atoms with Crippen LogP contribution in [0.15, 0.2) is 30.3 Å². The van der Waals surface area contributed by atoms with Crippen LogP contribution in [0.2, 0.25) is 15.1 Å². The standard InChI is InChI=1S/C22H15Cl3F6N2O3/c23-15-5-12(6-16(24)17(15)25)20(22(29,30)31)9-33(19(35)36-20)13-4-3-11(14(7-13)21(26,27)28)8-32-18(34)10-1-2-10/h3-7,10H,1-2,8-9H2,(H,32,34). The van der Waals surface area contributed by atoms with Gasteiger partial charge in [0.25, 0.3) is 5.60 Å². The fourth-order valence-corrected chi connectivity index (χ4v) is 4.39. The Bertz CT molecular complexity index is 1210. The molecule has 1 aliphatic heterocycles. The highest BCUT2D eigenvalue weighted by molar-refractivity contribution is 6.48. The van der Waals surface area contributed by atoms with Crippen molar-refractivity contribution in [2.75, 3.05) is 11.4 Å². The van der Waals surface area contributed by atoms with Crippen molar-refractivity contribution in [3.63, 3.8) is 0 Å². The van der Waals surface area contributed by atoms with E-state index in [9.17, 15) is 35.9 Å². The Morgan fingerprint density at radius 1 is 1.06 bits per heavy atom. The zero-order chi connectivity index (χ0) is 26.6. The minimum atomic E-state index is -5.20. The Labute approximate surface area is 215 Å². The summed E-state index contributed by atoms with van der Waals surface area (Å²) in [7, 11) is 0. The topological polar surface area (TPSA) is 58.6 Å². The monoisotopic (exact) mass is 574 g/mol. The van der Waals surface area contributed by atoms with Crippen LogP contribution in [0.5, 0.6) is 0 Å². The number of carbonyl (C=O) groups is 2. The van der Waals surface area contributed by atoms with Gasteiger partial charge < -0.3 is 10.1 Å². The molecule has 2 aliphatic rings. The SMILES string of the molecule is O=C(NCc1ccc(N2CC(c3cc(Cl)c(Cl)c(Cl)c3)(C(F)(F)F)OC2=O)cc1C(F)(F)F)C1CC1. The summed E-state index contributed by atoms with van der Waals surface area (Å²) in [6.45, 7) is -1.65. The maximum atomic E-state index is 14.3. The highest BCUT2D eigenvalue weighted by atomic mass is 35.5. The number of hydrogen-bond donors (Lipinski definition) is 1.